The summed E-state index contributed by atoms with van der Waals surface area (Å²) in [5, 5.41) is 3.42. The molecule has 2 heterocycles. The van der Waals surface area contributed by atoms with Crippen molar-refractivity contribution in [2.75, 3.05) is 30.7 Å². The predicted molar refractivity (Wildman–Crippen MR) is 79.3 cm³/mol. The number of aryl methyl sites for hydroxylation is 1. The Morgan fingerprint density at radius 3 is 2.58 bits per heavy atom. The van der Waals surface area contributed by atoms with E-state index in [4.69, 9.17) is 5.73 Å². The van der Waals surface area contributed by atoms with Crippen molar-refractivity contribution >= 4 is 11.6 Å². The number of aromatic nitrogens is 2. The molecule has 1 atom stereocenters. The second-order valence-electron chi connectivity index (χ2n) is 5.46. The molecular formula is C14H25N5. The number of nitrogens with zero attached hydrogens (tertiary/aromatic N) is 3. The summed E-state index contributed by atoms with van der Waals surface area (Å²) in [5.41, 5.74) is 6.81. The summed E-state index contributed by atoms with van der Waals surface area (Å²) in [5.74, 6) is 2.16. The van der Waals surface area contributed by atoms with Crippen LogP contribution in [0, 0.1) is 13.8 Å². The van der Waals surface area contributed by atoms with Crippen molar-refractivity contribution in [2.45, 2.75) is 46.1 Å². The second kappa shape index (κ2) is 6.19. The molecule has 5 nitrogen and oxygen atoms in total. The third-order valence-electron chi connectivity index (χ3n) is 3.87. The van der Waals surface area contributed by atoms with Gasteiger partial charge in [-0.05, 0) is 46.7 Å². The number of hydrogen-bond donors (Lipinski definition) is 2. The van der Waals surface area contributed by atoms with Gasteiger partial charge in [0.05, 0.1) is 0 Å². The zero-order chi connectivity index (χ0) is 13.8. The van der Waals surface area contributed by atoms with Gasteiger partial charge in [0, 0.05) is 18.2 Å². The largest absolute Gasteiger partial charge is 0.383 e. The van der Waals surface area contributed by atoms with Gasteiger partial charge in [0.2, 0.25) is 0 Å². The van der Waals surface area contributed by atoms with Gasteiger partial charge in [0.25, 0.3) is 0 Å². The van der Waals surface area contributed by atoms with Gasteiger partial charge < -0.3 is 11.1 Å². The van der Waals surface area contributed by atoms with E-state index in [1.54, 1.807) is 0 Å². The van der Waals surface area contributed by atoms with Crippen molar-refractivity contribution in [2.24, 2.45) is 0 Å². The standard InChI is InChI=1S/C14H25N5/c1-10(19-7-5-4-6-8-19)9-16-14-11(2)13(15)17-12(3)18-14/h10H,4-9H2,1-3H3,(H3,15,16,17,18). The normalized spacial score (nSPS) is 18.3. The van der Waals surface area contributed by atoms with E-state index in [-0.39, 0.29) is 0 Å². The van der Waals surface area contributed by atoms with Crippen LogP contribution < -0.4 is 11.1 Å². The van der Waals surface area contributed by atoms with Gasteiger partial charge in [-0.15, -0.1) is 0 Å². The SMILES string of the molecule is Cc1nc(N)c(C)c(NCC(C)N2CCCCC2)n1. The number of nitrogen functional groups attached to an aromatic ring is 1. The Labute approximate surface area is 115 Å². The van der Waals surface area contributed by atoms with Gasteiger partial charge in [0.15, 0.2) is 0 Å². The number of hydrogen-bond acceptors (Lipinski definition) is 5. The third kappa shape index (κ3) is 3.56. The van der Waals surface area contributed by atoms with Crippen molar-refractivity contribution in [3.8, 4) is 0 Å². The molecule has 0 aliphatic carbocycles. The van der Waals surface area contributed by atoms with Crippen LogP contribution in [0.25, 0.3) is 0 Å². The van der Waals surface area contributed by atoms with E-state index in [0.29, 0.717) is 11.9 Å². The van der Waals surface area contributed by atoms with Crippen molar-refractivity contribution in [3.05, 3.63) is 11.4 Å². The number of anilines is 2. The predicted octanol–water partition coefficient (Wildman–Crippen LogP) is 1.96. The quantitative estimate of drug-likeness (QED) is 0.869. The first-order valence-electron chi connectivity index (χ1n) is 7.16. The number of nitrogens with one attached hydrogen (secondary N) is 1. The minimum Gasteiger partial charge on any atom is -0.383 e. The molecule has 1 saturated heterocycles. The third-order valence-corrected chi connectivity index (χ3v) is 3.87. The fourth-order valence-corrected chi connectivity index (χ4v) is 2.55. The van der Waals surface area contributed by atoms with Gasteiger partial charge in [-0.25, -0.2) is 9.97 Å². The van der Waals surface area contributed by atoms with Crippen LogP contribution in [0.3, 0.4) is 0 Å². The van der Waals surface area contributed by atoms with Crippen LogP contribution >= 0.6 is 0 Å². The Hall–Kier alpha value is -1.36. The first-order chi connectivity index (χ1) is 9.08. The highest BCUT2D eigenvalue weighted by atomic mass is 15.2. The Morgan fingerprint density at radius 1 is 1.21 bits per heavy atom. The molecule has 1 aliphatic rings. The molecule has 0 aromatic carbocycles. The summed E-state index contributed by atoms with van der Waals surface area (Å²) in [6, 6.07) is 0.524. The number of nitrogens with two attached hydrogens (primary N) is 1. The number of piperidine rings is 1. The van der Waals surface area contributed by atoms with Crippen molar-refractivity contribution in [1.82, 2.24) is 14.9 Å². The maximum absolute atomic E-state index is 5.87. The fraction of sp³-hybridized carbons (Fsp3) is 0.714. The maximum atomic E-state index is 5.87. The highest BCUT2D eigenvalue weighted by Gasteiger charge is 2.17. The molecule has 0 amide bonds. The molecule has 0 radical (unpaired) electrons. The lowest BCUT2D eigenvalue weighted by molar-refractivity contribution is 0.180. The molecular weight excluding hydrogens is 238 g/mol. The van der Waals surface area contributed by atoms with Crippen LogP contribution in [0.1, 0.15) is 37.6 Å². The van der Waals surface area contributed by atoms with Crippen molar-refractivity contribution in [3.63, 3.8) is 0 Å². The summed E-state index contributed by atoms with van der Waals surface area (Å²) in [4.78, 5) is 11.1. The van der Waals surface area contributed by atoms with Gasteiger partial charge in [-0.3, -0.25) is 4.90 Å². The van der Waals surface area contributed by atoms with Crippen LogP contribution in [0.5, 0.6) is 0 Å². The summed E-state index contributed by atoms with van der Waals surface area (Å²) < 4.78 is 0. The molecule has 1 fully saturated rings. The smallest absolute Gasteiger partial charge is 0.134 e. The average Bonchev–Trinajstić information content (AvgIpc) is 2.41. The van der Waals surface area contributed by atoms with Crippen molar-refractivity contribution in [1.29, 1.82) is 0 Å². The summed E-state index contributed by atoms with van der Waals surface area (Å²) >= 11 is 0. The van der Waals surface area contributed by atoms with E-state index in [2.05, 4.69) is 27.1 Å². The lowest BCUT2D eigenvalue weighted by atomic mass is 10.1. The topological polar surface area (TPSA) is 67.1 Å². The van der Waals surface area contributed by atoms with E-state index in [0.717, 1.165) is 23.8 Å². The van der Waals surface area contributed by atoms with Crippen LogP contribution in [0.4, 0.5) is 11.6 Å². The molecule has 3 N–H and O–H groups in total. The minimum absolute atomic E-state index is 0.524. The zero-order valence-electron chi connectivity index (χ0n) is 12.2. The number of likely N-dealkylation sites (tertiary alicyclic amines) is 1. The van der Waals surface area contributed by atoms with Gasteiger partial charge in [0.1, 0.15) is 17.5 Å². The Balaban J connectivity index is 1.94. The average molecular weight is 263 g/mol. The Bertz CT molecular complexity index is 426. The molecule has 1 aromatic heterocycles. The van der Waals surface area contributed by atoms with Crippen molar-refractivity contribution < 1.29 is 0 Å². The van der Waals surface area contributed by atoms with Crippen LogP contribution in [-0.2, 0) is 0 Å². The molecule has 106 valence electrons. The first kappa shape index (κ1) is 14.1. The molecule has 1 aliphatic heterocycles. The van der Waals surface area contributed by atoms with E-state index in [1.807, 2.05) is 13.8 Å². The zero-order valence-corrected chi connectivity index (χ0v) is 12.2. The second-order valence-corrected chi connectivity index (χ2v) is 5.46. The summed E-state index contributed by atoms with van der Waals surface area (Å²) in [6.07, 6.45) is 4.02. The summed E-state index contributed by atoms with van der Waals surface area (Å²) in [6.45, 7) is 9.43. The van der Waals surface area contributed by atoms with Gasteiger partial charge in [-0.1, -0.05) is 6.42 Å². The van der Waals surface area contributed by atoms with E-state index in [1.165, 1.54) is 32.4 Å². The molecule has 5 heteroatoms. The first-order valence-corrected chi connectivity index (χ1v) is 7.16. The van der Waals surface area contributed by atoms with Gasteiger partial charge >= 0.3 is 0 Å². The molecule has 19 heavy (non-hydrogen) atoms. The molecule has 0 bridgehead atoms. The Kier molecular flexibility index (Phi) is 4.58. The highest BCUT2D eigenvalue weighted by Crippen LogP contribution is 2.18. The van der Waals surface area contributed by atoms with Crippen LogP contribution in [-0.4, -0.2) is 40.5 Å². The van der Waals surface area contributed by atoms with Crippen LogP contribution in [0.2, 0.25) is 0 Å². The number of rotatable bonds is 4. The Morgan fingerprint density at radius 2 is 1.89 bits per heavy atom. The maximum Gasteiger partial charge on any atom is 0.134 e. The molecule has 0 saturated carbocycles. The van der Waals surface area contributed by atoms with E-state index < -0.39 is 0 Å². The molecule has 0 spiro atoms. The molecule has 1 unspecified atom stereocenters. The molecule has 1 aromatic rings. The molecule has 2 rings (SSSR count). The summed E-state index contributed by atoms with van der Waals surface area (Å²) in [7, 11) is 0. The van der Waals surface area contributed by atoms with E-state index in [9.17, 15) is 0 Å². The minimum atomic E-state index is 0.524. The monoisotopic (exact) mass is 263 g/mol. The van der Waals surface area contributed by atoms with Crippen LogP contribution in [0.15, 0.2) is 0 Å². The van der Waals surface area contributed by atoms with E-state index >= 15 is 0 Å². The fourth-order valence-electron chi connectivity index (χ4n) is 2.55. The lowest BCUT2D eigenvalue weighted by Crippen LogP contribution is -2.41. The van der Waals surface area contributed by atoms with Gasteiger partial charge in [-0.2, -0.15) is 0 Å². The lowest BCUT2D eigenvalue weighted by Gasteiger charge is -2.32. The highest BCUT2D eigenvalue weighted by molar-refractivity contribution is 5.54.